The third-order valence-electron chi connectivity index (χ3n) is 1.96. The van der Waals surface area contributed by atoms with Crippen molar-refractivity contribution in [2.75, 3.05) is 14.2 Å². The van der Waals surface area contributed by atoms with E-state index in [0.29, 0.717) is 0 Å². The summed E-state index contributed by atoms with van der Waals surface area (Å²) in [7, 11) is 2.97. The topological polar surface area (TPSA) is 35.5 Å². The molecule has 0 saturated carbocycles. The molecule has 3 heteroatoms. The van der Waals surface area contributed by atoms with Crippen molar-refractivity contribution in [1.29, 1.82) is 0 Å². The molecule has 0 fully saturated rings. The van der Waals surface area contributed by atoms with E-state index in [1.807, 2.05) is 30.3 Å². The van der Waals surface area contributed by atoms with Crippen molar-refractivity contribution in [2.24, 2.45) is 0 Å². The van der Waals surface area contributed by atoms with Crippen LogP contribution in [0, 0.1) is 0 Å². The predicted molar refractivity (Wildman–Crippen MR) is 63.2 cm³/mol. The molecular formula is C13H14O3. The van der Waals surface area contributed by atoms with Crippen LogP contribution in [0.15, 0.2) is 42.5 Å². The summed E-state index contributed by atoms with van der Waals surface area (Å²) in [5.41, 5.74) is 0.958. The number of para-hydroxylation sites is 1. The van der Waals surface area contributed by atoms with Crippen LogP contribution in [0.1, 0.15) is 5.56 Å². The van der Waals surface area contributed by atoms with E-state index in [0.717, 1.165) is 11.3 Å². The largest absolute Gasteiger partial charge is 0.496 e. The molecule has 0 aromatic heterocycles. The van der Waals surface area contributed by atoms with Gasteiger partial charge in [-0.3, -0.25) is 0 Å². The smallest absolute Gasteiger partial charge is 0.330 e. The van der Waals surface area contributed by atoms with Crippen LogP contribution >= 0.6 is 0 Å². The summed E-state index contributed by atoms with van der Waals surface area (Å²) >= 11 is 0. The van der Waals surface area contributed by atoms with Gasteiger partial charge in [0.2, 0.25) is 0 Å². The minimum atomic E-state index is -0.371. The molecule has 0 spiro atoms. The van der Waals surface area contributed by atoms with E-state index in [-0.39, 0.29) is 5.97 Å². The van der Waals surface area contributed by atoms with Gasteiger partial charge >= 0.3 is 5.97 Å². The highest BCUT2D eigenvalue weighted by Crippen LogP contribution is 2.18. The maximum absolute atomic E-state index is 10.8. The lowest BCUT2D eigenvalue weighted by atomic mass is 10.2. The number of allylic oxidation sites excluding steroid dienone is 2. The number of rotatable bonds is 4. The van der Waals surface area contributed by atoms with E-state index in [9.17, 15) is 4.79 Å². The first kappa shape index (κ1) is 12.0. The third-order valence-corrected chi connectivity index (χ3v) is 1.96. The van der Waals surface area contributed by atoms with E-state index in [1.54, 1.807) is 19.3 Å². The molecule has 84 valence electrons. The number of carbonyl (C=O) groups is 1. The van der Waals surface area contributed by atoms with Gasteiger partial charge in [0.15, 0.2) is 0 Å². The monoisotopic (exact) mass is 218 g/mol. The average molecular weight is 218 g/mol. The summed E-state index contributed by atoms with van der Waals surface area (Å²) in [6, 6.07) is 7.64. The molecule has 0 unspecified atom stereocenters. The Kier molecular flexibility index (Phi) is 4.86. The summed E-state index contributed by atoms with van der Waals surface area (Å²) in [5, 5.41) is 0. The molecule has 0 amide bonds. The first-order valence-electron chi connectivity index (χ1n) is 4.83. The summed E-state index contributed by atoms with van der Waals surface area (Å²) in [6.07, 6.45) is 6.59. The Hall–Kier alpha value is -2.03. The maximum atomic E-state index is 10.8. The van der Waals surface area contributed by atoms with Crippen molar-refractivity contribution < 1.29 is 14.3 Å². The van der Waals surface area contributed by atoms with Gasteiger partial charge in [-0.2, -0.15) is 0 Å². The fraction of sp³-hybridized carbons (Fsp3) is 0.154. The normalized spacial score (nSPS) is 10.9. The lowest BCUT2D eigenvalue weighted by molar-refractivity contribution is -0.134. The van der Waals surface area contributed by atoms with Gasteiger partial charge in [-0.1, -0.05) is 36.4 Å². The summed E-state index contributed by atoms with van der Waals surface area (Å²) in [4.78, 5) is 10.8. The van der Waals surface area contributed by atoms with Crippen molar-refractivity contribution in [3.8, 4) is 5.75 Å². The molecule has 0 heterocycles. The fourth-order valence-electron chi connectivity index (χ4n) is 1.17. The van der Waals surface area contributed by atoms with E-state index in [2.05, 4.69) is 4.74 Å². The van der Waals surface area contributed by atoms with Crippen molar-refractivity contribution >= 4 is 12.0 Å². The zero-order valence-corrected chi connectivity index (χ0v) is 9.34. The second-order valence-electron chi connectivity index (χ2n) is 2.98. The van der Waals surface area contributed by atoms with E-state index in [1.165, 1.54) is 13.2 Å². The molecule has 0 aliphatic rings. The zero-order chi connectivity index (χ0) is 11.8. The number of ether oxygens (including phenoxy) is 2. The minimum absolute atomic E-state index is 0.371. The van der Waals surface area contributed by atoms with E-state index < -0.39 is 0 Å². The number of hydrogen-bond donors (Lipinski definition) is 0. The summed E-state index contributed by atoms with van der Waals surface area (Å²) < 4.78 is 9.64. The lowest BCUT2D eigenvalue weighted by Crippen LogP contribution is -1.92. The molecule has 1 rings (SSSR count). The summed E-state index contributed by atoms with van der Waals surface area (Å²) in [5.74, 6) is 0.426. The Morgan fingerprint density at radius 3 is 2.62 bits per heavy atom. The molecule has 0 aliphatic carbocycles. The van der Waals surface area contributed by atoms with Crippen molar-refractivity contribution in [3.05, 3.63) is 48.1 Å². The molecule has 0 aliphatic heterocycles. The molecule has 0 radical (unpaired) electrons. The van der Waals surface area contributed by atoms with Crippen LogP contribution in [0.2, 0.25) is 0 Å². The minimum Gasteiger partial charge on any atom is -0.496 e. The molecule has 1 aromatic rings. The zero-order valence-electron chi connectivity index (χ0n) is 9.34. The maximum Gasteiger partial charge on any atom is 0.330 e. The molecule has 0 N–H and O–H groups in total. The molecule has 0 bridgehead atoms. The Morgan fingerprint density at radius 2 is 1.94 bits per heavy atom. The van der Waals surface area contributed by atoms with Gasteiger partial charge in [0, 0.05) is 11.6 Å². The van der Waals surface area contributed by atoms with E-state index in [4.69, 9.17) is 4.74 Å². The van der Waals surface area contributed by atoms with Crippen LogP contribution < -0.4 is 4.74 Å². The Balaban J connectivity index is 2.69. The molecule has 0 atom stereocenters. The number of carbonyl (C=O) groups excluding carboxylic acids is 1. The molecule has 3 nitrogen and oxygen atoms in total. The standard InChI is InChI=1S/C13H14O3/c1-15-12-9-5-3-7-11(12)8-4-6-10-13(14)16-2/h3-10H,1-2H3/b8-4+,10-6-. The first-order chi connectivity index (χ1) is 7.77. The van der Waals surface area contributed by atoms with Gasteiger partial charge in [0.1, 0.15) is 5.75 Å². The van der Waals surface area contributed by atoms with Crippen LogP contribution in [-0.4, -0.2) is 20.2 Å². The van der Waals surface area contributed by atoms with Crippen molar-refractivity contribution in [3.63, 3.8) is 0 Å². The van der Waals surface area contributed by atoms with Crippen molar-refractivity contribution in [1.82, 2.24) is 0 Å². The van der Waals surface area contributed by atoms with Crippen molar-refractivity contribution in [2.45, 2.75) is 0 Å². The van der Waals surface area contributed by atoms with Gasteiger partial charge in [0.25, 0.3) is 0 Å². The highest BCUT2D eigenvalue weighted by atomic mass is 16.5. The highest BCUT2D eigenvalue weighted by molar-refractivity contribution is 5.82. The third kappa shape index (κ3) is 3.61. The lowest BCUT2D eigenvalue weighted by Gasteiger charge is -2.02. The Bertz CT molecular complexity index is 405. The van der Waals surface area contributed by atoms with Gasteiger partial charge in [0.05, 0.1) is 14.2 Å². The highest BCUT2D eigenvalue weighted by Gasteiger charge is 1.95. The van der Waals surface area contributed by atoms with Crippen LogP contribution in [0.4, 0.5) is 0 Å². The van der Waals surface area contributed by atoms with Crippen LogP contribution in [0.3, 0.4) is 0 Å². The SMILES string of the molecule is COC(=O)/C=C\C=C\c1ccccc1OC. The molecular weight excluding hydrogens is 204 g/mol. The molecule has 1 aromatic carbocycles. The number of hydrogen-bond acceptors (Lipinski definition) is 3. The predicted octanol–water partition coefficient (Wildman–Crippen LogP) is 2.44. The van der Waals surface area contributed by atoms with Gasteiger partial charge in [-0.05, 0) is 6.07 Å². The quantitative estimate of drug-likeness (QED) is 0.442. The van der Waals surface area contributed by atoms with Gasteiger partial charge in [-0.15, -0.1) is 0 Å². The summed E-state index contributed by atoms with van der Waals surface area (Å²) in [6.45, 7) is 0. The van der Waals surface area contributed by atoms with Crippen LogP contribution in [0.5, 0.6) is 5.75 Å². The fourth-order valence-corrected chi connectivity index (χ4v) is 1.17. The van der Waals surface area contributed by atoms with Gasteiger partial charge in [-0.25, -0.2) is 4.79 Å². The van der Waals surface area contributed by atoms with Crippen LogP contribution in [-0.2, 0) is 9.53 Å². The van der Waals surface area contributed by atoms with Crippen LogP contribution in [0.25, 0.3) is 6.08 Å². The van der Waals surface area contributed by atoms with Gasteiger partial charge < -0.3 is 9.47 Å². The number of methoxy groups -OCH3 is 2. The van der Waals surface area contributed by atoms with E-state index >= 15 is 0 Å². The second kappa shape index (κ2) is 6.45. The Morgan fingerprint density at radius 1 is 1.19 bits per heavy atom. The Labute approximate surface area is 95.0 Å². The first-order valence-corrected chi connectivity index (χ1v) is 4.83. The molecule has 16 heavy (non-hydrogen) atoms. The molecule has 0 saturated heterocycles. The average Bonchev–Trinajstić information content (AvgIpc) is 2.34. The number of esters is 1. The number of benzene rings is 1. The second-order valence-corrected chi connectivity index (χ2v) is 2.98.